The number of hydrogen-bond acceptors (Lipinski definition) is 4. The van der Waals surface area contributed by atoms with Gasteiger partial charge in [0.25, 0.3) is 0 Å². The van der Waals surface area contributed by atoms with Gasteiger partial charge in [-0.1, -0.05) is 54.6 Å². The van der Waals surface area contributed by atoms with Crippen LogP contribution in [0.15, 0.2) is 78.9 Å². The van der Waals surface area contributed by atoms with Crippen molar-refractivity contribution in [1.29, 1.82) is 0 Å². The molecule has 2 amide bonds. The van der Waals surface area contributed by atoms with Crippen LogP contribution in [0.5, 0.6) is 5.75 Å². The number of rotatable bonds is 8. The van der Waals surface area contributed by atoms with E-state index in [1.807, 2.05) is 35.2 Å². The maximum atomic E-state index is 13.2. The molecule has 1 aliphatic heterocycles. The molecule has 1 fully saturated rings. The van der Waals surface area contributed by atoms with E-state index < -0.39 is 5.66 Å². The minimum absolute atomic E-state index is 0.0688. The summed E-state index contributed by atoms with van der Waals surface area (Å²) in [5.74, 6) is 0.826. The molecule has 36 heavy (non-hydrogen) atoms. The fraction of sp³-hybridized carbons (Fsp3) is 0.267. The van der Waals surface area contributed by atoms with Gasteiger partial charge in [0.1, 0.15) is 11.4 Å². The monoisotopic (exact) mass is 480 g/mol. The van der Waals surface area contributed by atoms with Crippen LogP contribution in [-0.2, 0) is 18.6 Å². The molecule has 2 heterocycles. The number of amides is 2. The number of aromatic nitrogens is 1. The van der Waals surface area contributed by atoms with Crippen LogP contribution >= 0.6 is 0 Å². The maximum Gasteiger partial charge on any atom is 0.319 e. The molecule has 5 rings (SSSR count). The number of nitrogens with zero attached hydrogens (tertiary/aromatic N) is 2. The molecular formula is C30H32N4O2. The lowest BCUT2D eigenvalue weighted by Crippen LogP contribution is -2.55. The van der Waals surface area contributed by atoms with Crippen molar-refractivity contribution in [2.45, 2.75) is 32.5 Å². The lowest BCUT2D eigenvalue weighted by Gasteiger charge is -2.39. The molecule has 6 heteroatoms. The van der Waals surface area contributed by atoms with E-state index in [-0.39, 0.29) is 6.03 Å². The summed E-state index contributed by atoms with van der Waals surface area (Å²) in [5, 5.41) is 7.95. The molecule has 0 radical (unpaired) electrons. The Morgan fingerprint density at radius 2 is 1.81 bits per heavy atom. The SMILES string of the molecule is COc1ccc(CCN2C(=O)NCC2(NCc2ccc3ccccc3n2)c2ccc(C)c(C)c2)cc1. The molecule has 0 bridgehead atoms. The summed E-state index contributed by atoms with van der Waals surface area (Å²) in [6.45, 7) is 5.81. The Kier molecular flexibility index (Phi) is 6.61. The average molecular weight is 481 g/mol. The van der Waals surface area contributed by atoms with Gasteiger partial charge >= 0.3 is 6.03 Å². The van der Waals surface area contributed by atoms with Crippen LogP contribution in [0.3, 0.4) is 0 Å². The predicted molar refractivity (Wildman–Crippen MR) is 143 cm³/mol. The zero-order valence-corrected chi connectivity index (χ0v) is 21.0. The van der Waals surface area contributed by atoms with Gasteiger partial charge in [-0.2, -0.15) is 0 Å². The van der Waals surface area contributed by atoms with E-state index in [1.54, 1.807) is 7.11 Å². The number of para-hydroxylation sites is 1. The van der Waals surface area contributed by atoms with Crippen molar-refractivity contribution in [3.05, 3.63) is 107 Å². The van der Waals surface area contributed by atoms with Crippen LogP contribution in [0.2, 0.25) is 0 Å². The number of carbonyl (C=O) groups is 1. The normalized spacial score (nSPS) is 17.4. The first-order chi connectivity index (χ1) is 17.5. The van der Waals surface area contributed by atoms with Crippen LogP contribution in [0.4, 0.5) is 4.79 Å². The second-order valence-corrected chi connectivity index (χ2v) is 9.42. The number of methoxy groups -OCH3 is 1. The van der Waals surface area contributed by atoms with Gasteiger partial charge in [-0.25, -0.2) is 4.79 Å². The number of ether oxygens (including phenoxy) is 1. The van der Waals surface area contributed by atoms with Crippen molar-refractivity contribution in [1.82, 2.24) is 20.5 Å². The zero-order chi connectivity index (χ0) is 25.1. The summed E-state index contributed by atoms with van der Waals surface area (Å²) in [6, 6.07) is 26.7. The topological polar surface area (TPSA) is 66.5 Å². The Balaban J connectivity index is 1.45. The van der Waals surface area contributed by atoms with Gasteiger partial charge in [0.15, 0.2) is 0 Å². The molecule has 0 spiro atoms. The van der Waals surface area contributed by atoms with Gasteiger partial charge in [0.2, 0.25) is 0 Å². The molecule has 1 saturated heterocycles. The Hall–Kier alpha value is -3.90. The summed E-state index contributed by atoms with van der Waals surface area (Å²) in [4.78, 5) is 19.9. The highest BCUT2D eigenvalue weighted by Crippen LogP contribution is 2.32. The highest BCUT2D eigenvalue weighted by atomic mass is 16.5. The molecule has 6 nitrogen and oxygen atoms in total. The van der Waals surface area contributed by atoms with Crippen LogP contribution in [-0.4, -0.2) is 36.1 Å². The minimum atomic E-state index is -0.685. The van der Waals surface area contributed by atoms with Crippen LogP contribution in [0.1, 0.15) is 27.9 Å². The molecule has 2 N–H and O–H groups in total. The Labute approximate surface area is 212 Å². The van der Waals surface area contributed by atoms with E-state index in [2.05, 4.69) is 73.0 Å². The molecule has 1 aromatic heterocycles. The molecule has 1 atom stereocenters. The number of carbonyl (C=O) groups excluding carboxylic acids is 1. The van der Waals surface area contributed by atoms with Crippen LogP contribution in [0, 0.1) is 13.8 Å². The standard InChI is InChI=1S/C30H32N4O2/c1-21-8-12-25(18-22(21)2)30(32-19-26-13-11-24-6-4-5-7-28(24)33-26)20-31-29(35)34(30)17-16-23-9-14-27(36-3)15-10-23/h4-15,18,32H,16-17,19-20H2,1-3H3,(H,31,35). The lowest BCUT2D eigenvalue weighted by molar-refractivity contribution is 0.123. The third-order valence-corrected chi connectivity index (χ3v) is 7.19. The molecule has 1 aliphatic rings. The van der Waals surface area contributed by atoms with Gasteiger partial charge in [0, 0.05) is 18.5 Å². The van der Waals surface area contributed by atoms with Gasteiger partial charge < -0.3 is 15.0 Å². The number of urea groups is 1. The smallest absolute Gasteiger partial charge is 0.319 e. The number of benzene rings is 3. The van der Waals surface area contributed by atoms with Crippen molar-refractivity contribution in [2.75, 3.05) is 20.2 Å². The van der Waals surface area contributed by atoms with Crippen molar-refractivity contribution >= 4 is 16.9 Å². The second-order valence-electron chi connectivity index (χ2n) is 9.42. The fourth-order valence-electron chi connectivity index (χ4n) is 4.85. The molecule has 0 aliphatic carbocycles. The Bertz CT molecular complexity index is 1390. The predicted octanol–water partition coefficient (Wildman–Crippen LogP) is 5.07. The largest absolute Gasteiger partial charge is 0.497 e. The first kappa shape index (κ1) is 23.8. The average Bonchev–Trinajstić information content (AvgIpc) is 3.23. The molecule has 3 aromatic carbocycles. The minimum Gasteiger partial charge on any atom is -0.497 e. The van der Waals surface area contributed by atoms with Crippen molar-refractivity contribution < 1.29 is 9.53 Å². The fourth-order valence-corrected chi connectivity index (χ4v) is 4.85. The van der Waals surface area contributed by atoms with Crippen LogP contribution in [0.25, 0.3) is 10.9 Å². The molecule has 1 unspecified atom stereocenters. The van der Waals surface area contributed by atoms with Crippen molar-refractivity contribution in [3.63, 3.8) is 0 Å². The highest BCUT2D eigenvalue weighted by molar-refractivity contribution is 5.79. The Morgan fingerprint density at radius 3 is 2.58 bits per heavy atom. The summed E-state index contributed by atoms with van der Waals surface area (Å²) in [5.41, 5.74) is 5.87. The zero-order valence-electron chi connectivity index (χ0n) is 21.0. The Morgan fingerprint density at radius 1 is 1.00 bits per heavy atom. The summed E-state index contributed by atoms with van der Waals surface area (Å²) in [6.07, 6.45) is 0.736. The molecule has 184 valence electrons. The number of nitrogens with one attached hydrogen (secondary N) is 2. The van der Waals surface area contributed by atoms with E-state index >= 15 is 0 Å². The van der Waals surface area contributed by atoms with Gasteiger partial charge in [-0.05, 0) is 66.8 Å². The summed E-state index contributed by atoms with van der Waals surface area (Å²) < 4.78 is 5.29. The van der Waals surface area contributed by atoms with Gasteiger partial charge in [-0.15, -0.1) is 0 Å². The summed E-state index contributed by atoms with van der Waals surface area (Å²) >= 11 is 0. The van der Waals surface area contributed by atoms with Crippen molar-refractivity contribution in [2.24, 2.45) is 0 Å². The molecular weight excluding hydrogens is 448 g/mol. The second kappa shape index (κ2) is 9.99. The lowest BCUT2D eigenvalue weighted by atomic mass is 9.94. The van der Waals surface area contributed by atoms with Gasteiger partial charge in [0.05, 0.1) is 24.9 Å². The van der Waals surface area contributed by atoms with Crippen LogP contribution < -0.4 is 15.4 Å². The quantitative estimate of drug-likeness (QED) is 0.370. The third kappa shape index (κ3) is 4.64. The number of pyridine rings is 1. The van der Waals surface area contributed by atoms with E-state index in [0.717, 1.165) is 39.9 Å². The summed E-state index contributed by atoms with van der Waals surface area (Å²) in [7, 11) is 1.66. The molecule has 0 saturated carbocycles. The highest BCUT2D eigenvalue weighted by Gasteiger charge is 2.46. The first-order valence-electron chi connectivity index (χ1n) is 12.3. The van der Waals surface area contributed by atoms with E-state index in [0.29, 0.717) is 19.6 Å². The number of aryl methyl sites for hydroxylation is 2. The third-order valence-electron chi connectivity index (χ3n) is 7.19. The van der Waals surface area contributed by atoms with Gasteiger partial charge in [-0.3, -0.25) is 10.3 Å². The van der Waals surface area contributed by atoms with E-state index in [1.165, 1.54) is 11.1 Å². The van der Waals surface area contributed by atoms with E-state index in [4.69, 9.17) is 9.72 Å². The first-order valence-corrected chi connectivity index (χ1v) is 12.3. The number of fused-ring (bicyclic) bond motifs is 1. The molecule has 4 aromatic rings. The number of hydrogen-bond donors (Lipinski definition) is 2. The maximum absolute atomic E-state index is 13.2. The van der Waals surface area contributed by atoms with E-state index in [9.17, 15) is 4.79 Å². The van der Waals surface area contributed by atoms with Crippen molar-refractivity contribution in [3.8, 4) is 5.75 Å².